The molecule has 0 radical (unpaired) electrons. The Labute approximate surface area is 153 Å². The third-order valence-corrected chi connectivity index (χ3v) is 3.95. The molecule has 0 aliphatic rings. The van der Waals surface area contributed by atoms with E-state index in [9.17, 15) is 4.79 Å². The van der Waals surface area contributed by atoms with Gasteiger partial charge < -0.3 is 9.64 Å². The van der Waals surface area contributed by atoms with E-state index in [1.54, 1.807) is 48.2 Å². The maximum absolute atomic E-state index is 12.8. The van der Waals surface area contributed by atoms with Crippen molar-refractivity contribution in [3.05, 3.63) is 64.7 Å². The van der Waals surface area contributed by atoms with Crippen LogP contribution in [0.1, 0.15) is 31.4 Å². The number of rotatable bonds is 7. The van der Waals surface area contributed by atoms with Crippen molar-refractivity contribution in [2.24, 2.45) is 0 Å². The minimum atomic E-state index is -0.608. The Kier molecular flexibility index (Phi) is 6.85. The van der Waals surface area contributed by atoms with Gasteiger partial charge in [0.15, 0.2) is 6.10 Å². The van der Waals surface area contributed by atoms with Gasteiger partial charge in [-0.3, -0.25) is 4.79 Å². The monoisotopic (exact) mass is 356 g/mol. The van der Waals surface area contributed by atoms with Crippen LogP contribution >= 0.6 is 11.6 Å². The molecule has 0 heterocycles. The highest BCUT2D eigenvalue weighted by Crippen LogP contribution is 2.19. The smallest absolute Gasteiger partial charge is 0.263 e. The topological polar surface area (TPSA) is 53.3 Å². The number of hydrogen-bond acceptors (Lipinski definition) is 3. The summed E-state index contributed by atoms with van der Waals surface area (Å²) in [6, 6.07) is 16.4. The van der Waals surface area contributed by atoms with Crippen LogP contribution in [0.4, 0.5) is 0 Å². The van der Waals surface area contributed by atoms with Gasteiger partial charge in [-0.15, -0.1) is 0 Å². The summed E-state index contributed by atoms with van der Waals surface area (Å²) in [5.41, 5.74) is 1.59. The van der Waals surface area contributed by atoms with Crippen molar-refractivity contribution in [3.8, 4) is 11.8 Å². The van der Waals surface area contributed by atoms with E-state index in [1.807, 2.05) is 19.1 Å². The lowest BCUT2D eigenvalue weighted by Gasteiger charge is -2.26. The summed E-state index contributed by atoms with van der Waals surface area (Å²) in [6.07, 6.45) is 0.245. The van der Waals surface area contributed by atoms with E-state index in [1.165, 1.54) is 0 Å². The molecule has 25 heavy (non-hydrogen) atoms. The molecule has 0 N–H and O–H groups in total. The zero-order chi connectivity index (χ0) is 18.2. The van der Waals surface area contributed by atoms with Gasteiger partial charge in [-0.2, -0.15) is 5.26 Å². The molecule has 0 spiro atoms. The predicted octanol–water partition coefficient (Wildman–Crippen LogP) is 4.42. The number of hydrogen-bond donors (Lipinski definition) is 0. The van der Waals surface area contributed by atoms with E-state index in [0.717, 1.165) is 12.0 Å². The van der Waals surface area contributed by atoms with Crippen LogP contribution in [0.25, 0.3) is 0 Å². The Morgan fingerprint density at radius 1 is 1.28 bits per heavy atom. The lowest BCUT2D eigenvalue weighted by molar-refractivity contribution is -0.138. The standard InChI is InChI=1S/C20H21ClN2O2/c1-3-11-23(14-17-9-7-16(13-22)8-10-17)20(24)15(2)25-19-6-4-5-18(21)12-19/h4-10,12,15H,3,11,14H2,1-2H3. The number of benzene rings is 2. The number of nitrogens with zero attached hydrogens (tertiary/aromatic N) is 2. The van der Waals surface area contributed by atoms with Gasteiger partial charge in [-0.1, -0.05) is 36.7 Å². The second-order valence-electron chi connectivity index (χ2n) is 5.79. The minimum Gasteiger partial charge on any atom is -0.481 e. The number of nitriles is 1. The van der Waals surface area contributed by atoms with E-state index in [2.05, 4.69) is 6.07 Å². The first kappa shape index (κ1) is 18.8. The molecule has 5 heteroatoms. The Morgan fingerprint density at radius 2 is 2.00 bits per heavy atom. The van der Waals surface area contributed by atoms with E-state index in [4.69, 9.17) is 21.6 Å². The molecule has 4 nitrogen and oxygen atoms in total. The highest BCUT2D eigenvalue weighted by molar-refractivity contribution is 6.30. The first-order valence-electron chi connectivity index (χ1n) is 8.23. The lowest BCUT2D eigenvalue weighted by atomic mass is 10.1. The number of ether oxygens (including phenoxy) is 1. The van der Waals surface area contributed by atoms with Crippen LogP contribution in [0.3, 0.4) is 0 Å². The Balaban J connectivity index is 2.06. The van der Waals surface area contributed by atoms with Crippen LogP contribution in [0.5, 0.6) is 5.75 Å². The summed E-state index contributed by atoms with van der Waals surface area (Å²) in [7, 11) is 0. The first-order chi connectivity index (χ1) is 12.0. The molecule has 1 atom stereocenters. The van der Waals surface area contributed by atoms with Gasteiger partial charge in [-0.05, 0) is 49.2 Å². The zero-order valence-electron chi connectivity index (χ0n) is 14.4. The van der Waals surface area contributed by atoms with Gasteiger partial charge in [0.2, 0.25) is 0 Å². The molecule has 1 amide bonds. The fraction of sp³-hybridized carbons (Fsp3) is 0.300. The van der Waals surface area contributed by atoms with Crippen LogP contribution < -0.4 is 4.74 Å². The van der Waals surface area contributed by atoms with Crippen LogP contribution in [0.15, 0.2) is 48.5 Å². The molecule has 0 saturated heterocycles. The van der Waals surface area contributed by atoms with Crippen LogP contribution in [-0.2, 0) is 11.3 Å². The molecule has 0 aliphatic carbocycles. The summed E-state index contributed by atoms with van der Waals surface area (Å²) in [4.78, 5) is 14.5. The average molecular weight is 357 g/mol. The van der Waals surface area contributed by atoms with Crippen LogP contribution in [-0.4, -0.2) is 23.5 Å². The van der Waals surface area contributed by atoms with Crippen LogP contribution in [0, 0.1) is 11.3 Å². The van der Waals surface area contributed by atoms with Crippen molar-refractivity contribution in [3.63, 3.8) is 0 Å². The second-order valence-corrected chi connectivity index (χ2v) is 6.22. The van der Waals surface area contributed by atoms with E-state index < -0.39 is 6.10 Å². The highest BCUT2D eigenvalue weighted by atomic mass is 35.5. The molecule has 0 saturated carbocycles. The summed E-state index contributed by atoms with van der Waals surface area (Å²) in [5, 5.41) is 9.44. The molecule has 2 rings (SSSR count). The molecule has 0 bridgehead atoms. The molecule has 0 aliphatic heterocycles. The van der Waals surface area contributed by atoms with Crippen molar-refractivity contribution >= 4 is 17.5 Å². The predicted molar refractivity (Wildman–Crippen MR) is 98.4 cm³/mol. The Bertz CT molecular complexity index is 753. The highest BCUT2D eigenvalue weighted by Gasteiger charge is 2.22. The van der Waals surface area contributed by atoms with Gasteiger partial charge in [0.25, 0.3) is 5.91 Å². The fourth-order valence-corrected chi connectivity index (χ4v) is 2.67. The summed E-state index contributed by atoms with van der Waals surface area (Å²) in [5.74, 6) is 0.495. The molecule has 130 valence electrons. The van der Waals surface area contributed by atoms with Gasteiger partial charge in [0, 0.05) is 18.1 Å². The van der Waals surface area contributed by atoms with Gasteiger partial charge in [-0.25, -0.2) is 0 Å². The SMILES string of the molecule is CCCN(Cc1ccc(C#N)cc1)C(=O)C(C)Oc1cccc(Cl)c1. The zero-order valence-corrected chi connectivity index (χ0v) is 15.2. The Hall–Kier alpha value is -2.51. The number of amides is 1. The number of carbonyl (C=O) groups is 1. The largest absolute Gasteiger partial charge is 0.481 e. The normalized spacial score (nSPS) is 11.4. The molecule has 0 aromatic heterocycles. The lowest BCUT2D eigenvalue weighted by Crippen LogP contribution is -2.40. The number of halogens is 1. The van der Waals surface area contributed by atoms with Gasteiger partial charge in [0.1, 0.15) is 5.75 Å². The molecule has 2 aromatic carbocycles. The van der Waals surface area contributed by atoms with Gasteiger partial charge >= 0.3 is 0 Å². The first-order valence-corrected chi connectivity index (χ1v) is 8.61. The summed E-state index contributed by atoms with van der Waals surface area (Å²) >= 11 is 5.95. The summed E-state index contributed by atoms with van der Waals surface area (Å²) in [6.45, 7) is 4.90. The maximum atomic E-state index is 12.8. The molecule has 2 aromatic rings. The third kappa shape index (κ3) is 5.51. The second kappa shape index (κ2) is 9.10. The Morgan fingerprint density at radius 3 is 2.60 bits per heavy atom. The van der Waals surface area contributed by atoms with E-state index in [0.29, 0.717) is 29.4 Å². The molecule has 0 fully saturated rings. The van der Waals surface area contributed by atoms with E-state index >= 15 is 0 Å². The van der Waals surface area contributed by atoms with Gasteiger partial charge in [0.05, 0.1) is 11.6 Å². The quantitative estimate of drug-likeness (QED) is 0.738. The summed E-state index contributed by atoms with van der Waals surface area (Å²) < 4.78 is 5.74. The van der Waals surface area contributed by atoms with Crippen molar-refractivity contribution in [1.29, 1.82) is 5.26 Å². The van der Waals surface area contributed by atoms with E-state index in [-0.39, 0.29) is 5.91 Å². The van der Waals surface area contributed by atoms with Crippen molar-refractivity contribution in [1.82, 2.24) is 4.90 Å². The van der Waals surface area contributed by atoms with Crippen LogP contribution in [0.2, 0.25) is 5.02 Å². The maximum Gasteiger partial charge on any atom is 0.263 e. The molecule has 1 unspecified atom stereocenters. The minimum absolute atomic E-state index is 0.0776. The third-order valence-electron chi connectivity index (χ3n) is 3.72. The van der Waals surface area contributed by atoms with Crippen molar-refractivity contribution in [2.75, 3.05) is 6.54 Å². The van der Waals surface area contributed by atoms with Crippen molar-refractivity contribution in [2.45, 2.75) is 32.9 Å². The average Bonchev–Trinajstić information content (AvgIpc) is 2.61. The number of carbonyl (C=O) groups excluding carboxylic acids is 1. The fourth-order valence-electron chi connectivity index (χ4n) is 2.49. The molecular weight excluding hydrogens is 336 g/mol. The molecular formula is C20H21ClN2O2. The van der Waals surface area contributed by atoms with Crippen molar-refractivity contribution < 1.29 is 9.53 Å².